The van der Waals surface area contributed by atoms with Gasteiger partial charge in [-0.1, -0.05) is 19.1 Å². The zero-order valence-electron chi connectivity index (χ0n) is 4.94. The van der Waals surface area contributed by atoms with Crippen LogP contribution in [0.4, 0.5) is 0 Å². The van der Waals surface area contributed by atoms with Gasteiger partial charge in [-0.25, -0.2) is 0 Å². The standard InChI is InChI=1S/C8H8/c1-2-6-3-4-7-5-8(6)7/h3-5H,2H2,1H3. The smallest absolute Gasteiger partial charge is 0.0146 e. The first-order chi connectivity index (χ1) is 3.92. The fourth-order valence-corrected chi connectivity index (χ4v) is 1.12. The molecule has 0 heterocycles. The van der Waals surface area contributed by atoms with Gasteiger partial charge in [0.05, 0.1) is 0 Å². The highest BCUT2D eigenvalue weighted by atomic mass is 14.2. The van der Waals surface area contributed by atoms with Crippen molar-refractivity contribution in [3.63, 3.8) is 0 Å². The van der Waals surface area contributed by atoms with Crippen molar-refractivity contribution >= 4 is 0 Å². The molecule has 0 aromatic heterocycles. The van der Waals surface area contributed by atoms with Gasteiger partial charge in [0.2, 0.25) is 0 Å². The summed E-state index contributed by atoms with van der Waals surface area (Å²) in [6, 6.07) is 6.64. The van der Waals surface area contributed by atoms with Gasteiger partial charge in [-0.05, 0) is 29.2 Å². The van der Waals surface area contributed by atoms with Crippen molar-refractivity contribution in [3.8, 4) is 11.1 Å². The van der Waals surface area contributed by atoms with Crippen molar-refractivity contribution < 1.29 is 0 Å². The molecule has 0 spiro atoms. The molecule has 0 saturated heterocycles. The molecule has 8 heavy (non-hydrogen) atoms. The number of hydrogen-bond acceptors (Lipinski definition) is 0. The van der Waals surface area contributed by atoms with E-state index in [-0.39, 0.29) is 0 Å². The lowest BCUT2D eigenvalue weighted by molar-refractivity contribution is 1.16. The topological polar surface area (TPSA) is 0 Å². The SMILES string of the molecule is CCc1ccc2cc1-2. The number of aryl methyl sites for hydroxylation is 1. The van der Waals surface area contributed by atoms with E-state index in [0.717, 1.165) is 0 Å². The van der Waals surface area contributed by atoms with Crippen LogP contribution < -0.4 is 0 Å². The monoisotopic (exact) mass is 104 g/mol. The molecule has 0 N–H and O–H groups in total. The number of fused-ring (bicyclic) bond motifs is 1. The summed E-state index contributed by atoms with van der Waals surface area (Å²) in [5.74, 6) is 0. The van der Waals surface area contributed by atoms with Crippen molar-refractivity contribution in [2.75, 3.05) is 0 Å². The Kier molecular flexibility index (Phi) is 0.587. The first kappa shape index (κ1) is 4.13. The highest BCUT2D eigenvalue weighted by molar-refractivity contribution is 5.84. The van der Waals surface area contributed by atoms with Crippen LogP contribution in [0.15, 0.2) is 18.2 Å². The molecule has 2 rings (SSSR count). The molecule has 0 saturated carbocycles. The van der Waals surface area contributed by atoms with Crippen molar-refractivity contribution in [1.82, 2.24) is 0 Å². The second kappa shape index (κ2) is 1.13. The molecule has 40 valence electrons. The molecule has 0 aromatic rings. The lowest BCUT2D eigenvalue weighted by Gasteiger charge is -1.82. The Morgan fingerprint density at radius 3 is 2.50 bits per heavy atom. The van der Waals surface area contributed by atoms with E-state index >= 15 is 0 Å². The van der Waals surface area contributed by atoms with Gasteiger partial charge in [-0.15, -0.1) is 0 Å². The van der Waals surface area contributed by atoms with Crippen LogP contribution in [0, 0.1) is 0 Å². The molecule has 0 fully saturated rings. The van der Waals surface area contributed by atoms with Gasteiger partial charge in [0.25, 0.3) is 0 Å². The first-order valence-electron chi connectivity index (χ1n) is 3.05. The van der Waals surface area contributed by atoms with Crippen LogP contribution >= 0.6 is 0 Å². The van der Waals surface area contributed by atoms with Gasteiger partial charge in [-0.3, -0.25) is 0 Å². The van der Waals surface area contributed by atoms with Crippen LogP contribution in [0.25, 0.3) is 11.1 Å². The largest absolute Gasteiger partial charge is 0.0613 e. The van der Waals surface area contributed by atoms with Crippen molar-refractivity contribution in [2.24, 2.45) is 0 Å². The summed E-state index contributed by atoms with van der Waals surface area (Å²) in [6.07, 6.45) is 1.19. The second-order valence-corrected chi connectivity index (χ2v) is 2.23. The maximum absolute atomic E-state index is 2.23. The summed E-state index contributed by atoms with van der Waals surface area (Å²) in [7, 11) is 0. The zero-order valence-corrected chi connectivity index (χ0v) is 4.94. The molecule has 0 nitrogen and oxygen atoms in total. The van der Waals surface area contributed by atoms with E-state index in [2.05, 4.69) is 25.1 Å². The van der Waals surface area contributed by atoms with Gasteiger partial charge >= 0.3 is 0 Å². The maximum atomic E-state index is 2.23. The Labute approximate surface area is 49.2 Å². The first-order valence-corrected chi connectivity index (χ1v) is 3.05. The van der Waals surface area contributed by atoms with E-state index in [1.165, 1.54) is 23.1 Å². The van der Waals surface area contributed by atoms with Crippen molar-refractivity contribution in [2.45, 2.75) is 13.3 Å². The fourth-order valence-electron chi connectivity index (χ4n) is 1.12. The van der Waals surface area contributed by atoms with Crippen LogP contribution in [0.5, 0.6) is 0 Å². The number of benzene rings is 1. The van der Waals surface area contributed by atoms with Crippen LogP contribution in [0.3, 0.4) is 0 Å². The average Bonchev–Trinajstić information content (AvgIpc) is 2.46. The zero-order chi connectivity index (χ0) is 5.56. The summed E-state index contributed by atoms with van der Waals surface area (Å²) in [5.41, 5.74) is 4.48. The molecular weight excluding hydrogens is 96.1 g/mol. The molecule has 0 radical (unpaired) electrons. The highest BCUT2D eigenvalue weighted by Crippen LogP contribution is 2.38. The minimum atomic E-state index is 1.19. The van der Waals surface area contributed by atoms with Crippen LogP contribution in [-0.4, -0.2) is 0 Å². The Bertz CT molecular complexity index is 223. The van der Waals surface area contributed by atoms with Gasteiger partial charge < -0.3 is 0 Å². The molecule has 0 bridgehead atoms. The third kappa shape index (κ3) is 0.353. The summed E-state index contributed by atoms with van der Waals surface area (Å²) < 4.78 is 0. The Morgan fingerprint density at radius 2 is 2.25 bits per heavy atom. The Hall–Kier alpha value is -0.780. The quantitative estimate of drug-likeness (QED) is 0.520. The summed E-state index contributed by atoms with van der Waals surface area (Å²) in [4.78, 5) is 0. The summed E-state index contributed by atoms with van der Waals surface area (Å²) in [6.45, 7) is 2.20. The average molecular weight is 104 g/mol. The van der Waals surface area contributed by atoms with Crippen molar-refractivity contribution in [1.29, 1.82) is 0 Å². The van der Waals surface area contributed by atoms with E-state index in [4.69, 9.17) is 0 Å². The Morgan fingerprint density at radius 1 is 1.38 bits per heavy atom. The normalized spacial score (nSPS) is 11.6. The molecule has 0 atom stereocenters. The van der Waals surface area contributed by atoms with Crippen LogP contribution in [0.2, 0.25) is 0 Å². The fraction of sp³-hybridized carbons (Fsp3) is 0.250. The van der Waals surface area contributed by atoms with Gasteiger partial charge in [0, 0.05) is 0 Å². The molecule has 2 aliphatic rings. The molecular formula is C8H8. The molecule has 0 unspecified atom stereocenters. The third-order valence-corrected chi connectivity index (χ3v) is 1.72. The van der Waals surface area contributed by atoms with E-state index in [9.17, 15) is 0 Å². The minimum absolute atomic E-state index is 1.19. The minimum Gasteiger partial charge on any atom is -0.0613 e. The van der Waals surface area contributed by atoms with E-state index in [1.807, 2.05) is 0 Å². The van der Waals surface area contributed by atoms with E-state index in [1.54, 1.807) is 0 Å². The van der Waals surface area contributed by atoms with E-state index in [0.29, 0.717) is 0 Å². The van der Waals surface area contributed by atoms with Crippen LogP contribution in [0.1, 0.15) is 12.5 Å². The van der Waals surface area contributed by atoms with Gasteiger partial charge in [-0.2, -0.15) is 0 Å². The Balaban J connectivity index is 2.49. The van der Waals surface area contributed by atoms with Gasteiger partial charge in [0.15, 0.2) is 0 Å². The van der Waals surface area contributed by atoms with Crippen molar-refractivity contribution in [3.05, 3.63) is 23.8 Å². The molecule has 0 aliphatic heterocycles. The third-order valence-electron chi connectivity index (χ3n) is 1.72. The molecule has 2 aliphatic carbocycles. The highest BCUT2D eigenvalue weighted by Gasteiger charge is 2.14. The lowest BCUT2D eigenvalue weighted by atomic mass is 10.2. The summed E-state index contributed by atoms with van der Waals surface area (Å²) >= 11 is 0. The molecule has 0 aromatic carbocycles. The van der Waals surface area contributed by atoms with Gasteiger partial charge in [0.1, 0.15) is 0 Å². The number of hydrogen-bond donors (Lipinski definition) is 0. The van der Waals surface area contributed by atoms with E-state index < -0.39 is 0 Å². The predicted octanol–water partition coefficient (Wildman–Crippen LogP) is 2.23. The summed E-state index contributed by atoms with van der Waals surface area (Å²) in [5, 5.41) is 0. The molecule has 0 heteroatoms. The number of rotatable bonds is 1. The lowest BCUT2D eigenvalue weighted by Crippen LogP contribution is -1.68. The maximum Gasteiger partial charge on any atom is -0.0146 e. The predicted molar refractivity (Wildman–Crippen MR) is 34.8 cm³/mol. The van der Waals surface area contributed by atoms with Crippen LogP contribution in [-0.2, 0) is 6.42 Å². The molecule has 0 amide bonds. The second-order valence-electron chi connectivity index (χ2n) is 2.23.